The van der Waals surface area contributed by atoms with Crippen LogP contribution in [0, 0.1) is 5.82 Å². The van der Waals surface area contributed by atoms with Gasteiger partial charge in [-0.15, -0.1) is 0 Å². The summed E-state index contributed by atoms with van der Waals surface area (Å²) in [6.45, 7) is 0.478. The van der Waals surface area contributed by atoms with Gasteiger partial charge in [-0.25, -0.2) is 14.0 Å². The van der Waals surface area contributed by atoms with Crippen molar-refractivity contribution in [3.63, 3.8) is 0 Å². The third-order valence-corrected chi connectivity index (χ3v) is 2.57. The average molecular weight is 291 g/mol. The van der Waals surface area contributed by atoms with Crippen LogP contribution in [-0.4, -0.2) is 34.4 Å². The van der Waals surface area contributed by atoms with Crippen LogP contribution in [0.4, 0.5) is 14.9 Å². The number of carboxylic acids is 1. The van der Waals surface area contributed by atoms with E-state index in [4.69, 9.17) is 16.7 Å². The Balaban J connectivity index is 2.64. The van der Waals surface area contributed by atoms with E-state index in [1.54, 1.807) is 0 Å². The molecule has 4 N–H and O–H groups in total. The van der Waals surface area contributed by atoms with Crippen LogP contribution in [0.2, 0.25) is 5.02 Å². The molecule has 1 atom stereocenters. The number of carboxylic acid groups (broad SMARTS) is 1. The summed E-state index contributed by atoms with van der Waals surface area (Å²) in [4.78, 5) is 22.0. The number of urea groups is 1. The molecule has 0 aliphatic heterocycles. The summed E-state index contributed by atoms with van der Waals surface area (Å²) in [6, 6.07) is 2.98. The smallest absolute Gasteiger partial charge is 0.337 e. The fourth-order valence-electron chi connectivity index (χ4n) is 1.10. The van der Waals surface area contributed by atoms with Crippen LogP contribution in [0.25, 0.3) is 0 Å². The molecular weight excluding hydrogens is 279 g/mol. The van der Waals surface area contributed by atoms with Gasteiger partial charge in [0.15, 0.2) is 5.60 Å². The summed E-state index contributed by atoms with van der Waals surface area (Å²) in [6.07, 6.45) is 0. The van der Waals surface area contributed by atoms with Crippen LogP contribution in [-0.2, 0) is 4.79 Å². The molecule has 19 heavy (non-hydrogen) atoms. The molecule has 0 bridgehead atoms. The highest BCUT2D eigenvalue weighted by atomic mass is 35.5. The normalized spacial score (nSPS) is 13.5. The Kier molecular flexibility index (Phi) is 4.68. The number of halogens is 2. The van der Waals surface area contributed by atoms with E-state index in [-0.39, 0.29) is 10.7 Å². The largest absolute Gasteiger partial charge is 0.479 e. The summed E-state index contributed by atoms with van der Waals surface area (Å²) in [5.41, 5.74) is -2.34. The number of hydrogen-bond acceptors (Lipinski definition) is 3. The van der Waals surface area contributed by atoms with Crippen molar-refractivity contribution in [3.8, 4) is 0 Å². The Bertz CT molecular complexity index is 487. The van der Waals surface area contributed by atoms with E-state index < -0.39 is 30.0 Å². The van der Waals surface area contributed by atoms with E-state index >= 15 is 0 Å². The molecular formula is C11H12ClFN2O4. The number of anilines is 1. The highest BCUT2D eigenvalue weighted by Gasteiger charge is 2.30. The first-order valence-corrected chi connectivity index (χ1v) is 5.56. The molecule has 0 aliphatic carbocycles. The minimum absolute atomic E-state index is 0.000134. The number of nitrogens with one attached hydrogen (secondary N) is 2. The predicted octanol–water partition coefficient (Wildman–Crippen LogP) is 1.44. The number of para-hydroxylation sites is 1. The second-order valence-electron chi connectivity index (χ2n) is 3.98. The highest BCUT2D eigenvalue weighted by Crippen LogP contribution is 2.24. The quantitative estimate of drug-likeness (QED) is 0.674. The molecule has 1 aromatic carbocycles. The molecule has 0 spiro atoms. The zero-order valence-corrected chi connectivity index (χ0v) is 10.7. The maximum atomic E-state index is 13.3. The fourth-order valence-corrected chi connectivity index (χ4v) is 1.31. The van der Waals surface area contributed by atoms with Crippen LogP contribution in [0.15, 0.2) is 18.2 Å². The molecule has 0 saturated carbocycles. The molecule has 0 saturated heterocycles. The number of benzene rings is 1. The van der Waals surface area contributed by atoms with Gasteiger partial charge in [0.05, 0.1) is 17.3 Å². The number of rotatable bonds is 4. The van der Waals surface area contributed by atoms with Crippen LogP contribution in [0.5, 0.6) is 0 Å². The van der Waals surface area contributed by atoms with Crippen molar-refractivity contribution >= 4 is 29.3 Å². The van der Waals surface area contributed by atoms with Crippen LogP contribution < -0.4 is 10.6 Å². The first-order valence-electron chi connectivity index (χ1n) is 5.18. The Hall–Kier alpha value is -1.86. The predicted molar refractivity (Wildman–Crippen MR) is 66.7 cm³/mol. The number of carbonyl (C=O) groups is 2. The van der Waals surface area contributed by atoms with Gasteiger partial charge >= 0.3 is 12.0 Å². The van der Waals surface area contributed by atoms with Gasteiger partial charge in [-0.3, -0.25) is 0 Å². The summed E-state index contributed by atoms with van der Waals surface area (Å²) in [5.74, 6) is -2.22. The molecule has 2 amide bonds. The third-order valence-electron chi connectivity index (χ3n) is 2.26. The number of hydrogen-bond donors (Lipinski definition) is 4. The number of carbonyl (C=O) groups excluding carboxylic acids is 1. The van der Waals surface area contributed by atoms with Crippen LogP contribution in [0.3, 0.4) is 0 Å². The van der Waals surface area contributed by atoms with Gasteiger partial charge in [0.25, 0.3) is 0 Å². The summed E-state index contributed by atoms with van der Waals surface area (Å²) < 4.78 is 13.3. The maximum Gasteiger partial charge on any atom is 0.337 e. The second kappa shape index (κ2) is 5.85. The molecule has 1 rings (SSSR count). The lowest BCUT2D eigenvalue weighted by molar-refractivity contribution is -0.155. The van der Waals surface area contributed by atoms with Crippen molar-refractivity contribution in [2.24, 2.45) is 0 Å². The first kappa shape index (κ1) is 15.2. The van der Waals surface area contributed by atoms with Gasteiger partial charge < -0.3 is 20.8 Å². The van der Waals surface area contributed by atoms with Crippen molar-refractivity contribution in [2.75, 3.05) is 11.9 Å². The van der Waals surface area contributed by atoms with Gasteiger partial charge in [0.1, 0.15) is 5.82 Å². The molecule has 0 aromatic heterocycles. The van der Waals surface area contributed by atoms with E-state index in [0.29, 0.717) is 0 Å². The molecule has 0 radical (unpaired) electrons. The van der Waals surface area contributed by atoms with E-state index in [2.05, 4.69) is 10.6 Å². The molecule has 1 unspecified atom stereocenters. The second-order valence-corrected chi connectivity index (χ2v) is 4.39. The number of aliphatic hydroxyl groups is 1. The standard InChI is InChI=1S/C11H12ClFN2O4/c1-11(19,9(16)17)5-14-10(18)15-8-6(12)3-2-4-7(8)13/h2-4,19H,5H2,1H3,(H,16,17)(H2,14,15,18). The molecule has 104 valence electrons. The summed E-state index contributed by atoms with van der Waals surface area (Å²) >= 11 is 5.69. The lowest BCUT2D eigenvalue weighted by atomic mass is 10.1. The Morgan fingerprint density at radius 1 is 1.47 bits per heavy atom. The lowest BCUT2D eigenvalue weighted by Gasteiger charge is -2.18. The van der Waals surface area contributed by atoms with E-state index in [1.807, 2.05) is 0 Å². The van der Waals surface area contributed by atoms with E-state index in [1.165, 1.54) is 12.1 Å². The molecule has 6 nitrogen and oxygen atoms in total. The Labute approximate surface area is 113 Å². The number of amides is 2. The van der Waals surface area contributed by atoms with Crippen molar-refractivity contribution < 1.29 is 24.2 Å². The maximum absolute atomic E-state index is 13.3. The zero-order chi connectivity index (χ0) is 14.6. The lowest BCUT2D eigenvalue weighted by Crippen LogP contribution is -2.47. The van der Waals surface area contributed by atoms with E-state index in [9.17, 15) is 19.1 Å². The summed E-state index contributed by atoms with van der Waals surface area (Å²) in [7, 11) is 0. The highest BCUT2D eigenvalue weighted by molar-refractivity contribution is 6.33. The zero-order valence-electron chi connectivity index (χ0n) is 9.91. The van der Waals surface area contributed by atoms with Crippen molar-refractivity contribution in [1.82, 2.24) is 5.32 Å². The third kappa shape index (κ3) is 4.08. The monoisotopic (exact) mass is 290 g/mol. The Morgan fingerprint density at radius 2 is 2.11 bits per heavy atom. The molecule has 1 aromatic rings. The molecule has 0 fully saturated rings. The topological polar surface area (TPSA) is 98.7 Å². The van der Waals surface area contributed by atoms with Crippen molar-refractivity contribution in [2.45, 2.75) is 12.5 Å². The summed E-state index contributed by atoms with van der Waals surface area (Å²) in [5, 5.41) is 22.2. The molecule has 0 heterocycles. The van der Waals surface area contributed by atoms with Gasteiger partial charge in [-0.1, -0.05) is 17.7 Å². The van der Waals surface area contributed by atoms with Gasteiger partial charge in [0, 0.05) is 0 Å². The molecule has 8 heteroatoms. The van der Waals surface area contributed by atoms with Crippen LogP contribution in [0.1, 0.15) is 6.92 Å². The minimum Gasteiger partial charge on any atom is -0.479 e. The SMILES string of the molecule is CC(O)(CNC(=O)Nc1c(F)cccc1Cl)C(=O)O. The van der Waals surface area contributed by atoms with Crippen LogP contribution >= 0.6 is 11.6 Å². The van der Waals surface area contributed by atoms with E-state index in [0.717, 1.165) is 13.0 Å². The Morgan fingerprint density at radius 3 is 2.63 bits per heavy atom. The minimum atomic E-state index is -2.11. The van der Waals surface area contributed by atoms with Gasteiger partial charge in [-0.2, -0.15) is 0 Å². The number of aliphatic carboxylic acids is 1. The average Bonchev–Trinajstić information content (AvgIpc) is 2.31. The van der Waals surface area contributed by atoms with Crippen molar-refractivity contribution in [1.29, 1.82) is 0 Å². The molecule has 0 aliphatic rings. The van der Waals surface area contributed by atoms with Crippen molar-refractivity contribution in [3.05, 3.63) is 29.0 Å². The van der Waals surface area contributed by atoms with Gasteiger partial charge in [0.2, 0.25) is 0 Å². The first-order chi connectivity index (χ1) is 8.74. The van der Waals surface area contributed by atoms with Gasteiger partial charge in [-0.05, 0) is 19.1 Å². The fraction of sp³-hybridized carbons (Fsp3) is 0.273.